The standard InChI is InChI=1S/C14H21NO.C8H16O.CH4O.2CH4/c16-12-14-8-4-5-9-15(11-14)10-13-6-2-1-3-7-13;9-7-8-5-3-1-2-4-6-8;1-2;;/h1-3,6-7,14,16H,4-5,8-12H2;8-9H,1-7H2;2H,1H3;2*1H4. The summed E-state index contributed by atoms with van der Waals surface area (Å²) in [4.78, 5) is 2.48. The normalized spacial score (nSPS) is 20.2. The second kappa shape index (κ2) is 20.3. The van der Waals surface area contributed by atoms with Gasteiger partial charge in [0.2, 0.25) is 0 Å². The summed E-state index contributed by atoms with van der Waals surface area (Å²) in [6.45, 7) is 4.00. The Hall–Kier alpha value is -0.940. The lowest BCUT2D eigenvalue weighted by molar-refractivity contribution is 0.169. The molecule has 0 amide bonds. The molecule has 4 nitrogen and oxygen atoms in total. The molecule has 1 heterocycles. The van der Waals surface area contributed by atoms with Crippen molar-refractivity contribution in [2.45, 2.75) is 79.2 Å². The summed E-state index contributed by atoms with van der Waals surface area (Å²) in [5, 5.41) is 25.1. The molecule has 2 fully saturated rings. The molecule has 1 aromatic carbocycles. The second-order valence-electron chi connectivity index (χ2n) is 7.81. The van der Waals surface area contributed by atoms with Crippen molar-refractivity contribution in [2.75, 3.05) is 33.4 Å². The fourth-order valence-corrected chi connectivity index (χ4v) is 4.00. The van der Waals surface area contributed by atoms with Crippen LogP contribution in [0.15, 0.2) is 30.3 Å². The van der Waals surface area contributed by atoms with E-state index >= 15 is 0 Å². The Morgan fingerprint density at radius 2 is 1.28 bits per heavy atom. The van der Waals surface area contributed by atoms with Crippen molar-refractivity contribution in [2.24, 2.45) is 11.8 Å². The summed E-state index contributed by atoms with van der Waals surface area (Å²) in [6.07, 6.45) is 11.7. The lowest BCUT2D eigenvalue weighted by Gasteiger charge is -2.23. The number of benzene rings is 1. The Balaban J connectivity index is 0. The van der Waals surface area contributed by atoms with Crippen molar-refractivity contribution in [3.8, 4) is 0 Å². The van der Waals surface area contributed by atoms with E-state index in [1.165, 1.54) is 69.9 Å². The Kier molecular flexibility index (Phi) is 21.2. The van der Waals surface area contributed by atoms with Crippen molar-refractivity contribution in [3.05, 3.63) is 35.9 Å². The first-order valence-corrected chi connectivity index (χ1v) is 10.7. The van der Waals surface area contributed by atoms with Crippen molar-refractivity contribution in [1.29, 1.82) is 0 Å². The molecule has 1 aliphatic carbocycles. The summed E-state index contributed by atoms with van der Waals surface area (Å²) in [6, 6.07) is 10.6. The first-order valence-electron chi connectivity index (χ1n) is 10.7. The van der Waals surface area contributed by atoms with Crippen LogP contribution in [0.3, 0.4) is 0 Å². The number of hydrogen-bond acceptors (Lipinski definition) is 4. The van der Waals surface area contributed by atoms with E-state index in [1.807, 2.05) is 0 Å². The highest BCUT2D eigenvalue weighted by atomic mass is 16.3. The second-order valence-corrected chi connectivity index (χ2v) is 7.81. The predicted octanol–water partition coefficient (Wildman–Crippen LogP) is 5.11. The first-order chi connectivity index (χ1) is 13.3. The Bertz CT molecular complexity index is 433. The van der Waals surface area contributed by atoms with Gasteiger partial charge < -0.3 is 15.3 Å². The van der Waals surface area contributed by atoms with Crippen LogP contribution in [-0.2, 0) is 6.54 Å². The predicted molar refractivity (Wildman–Crippen MR) is 126 cm³/mol. The van der Waals surface area contributed by atoms with Crippen LogP contribution in [0.5, 0.6) is 0 Å². The number of aliphatic hydroxyl groups excluding tert-OH is 3. The maximum atomic E-state index is 9.27. The minimum atomic E-state index is 0. The zero-order valence-electron chi connectivity index (χ0n) is 17.2. The fraction of sp³-hybridized carbons (Fsp3) is 0.760. The smallest absolute Gasteiger partial charge is 0.0471 e. The van der Waals surface area contributed by atoms with Gasteiger partial charge in [0.05, 0.1) is 0 Å². The van der Waals surface area contributed by atoms with E-state index in [2.05, 4.69) is 35.2 Å². The zero-order chi connectivity index (χ0) is 19.7. The van der Waals surface area contributed by atoms with E-state index < -0.39 is 0 Å². The van der Waals surface area contributed by atoms with Gasteiger partial charge in [-0.3, -0.25) is 4.90 Å². The fourth-order valence-electron chi connectivity index (χ4n) is 4.00. The minimum Gasteiger partial charge on any atom is -0.400 e. The van der Waals surface area contributed by atoms with Crippen molar-refractivity contribution < 1.29 is 15.3 Å². The number of hydrogen-bond donors (Lipinski definition) is 3. The van der Waals surface area contributed by atoms with Gasteiger partial charge >= 0.3 is 0 Å². The summed E-state index contributed by atoms with van der Waals surface area (Å²) >= 11 is 0. The number of aliphatic hydroxyl groups is 3. The third-order valence-corrected chi connectivity index (χ3v) is 5.59. The molecular formula is C25H49NO3. The van der Waals surface area contributed by atoms with Crippen LogP contribution < -0.4 is 0 Å². The van der Waals surface area contributed by atoms with Gasteiger partial charge in [-0.1, -0.05) is 77.3 Å². The highest BCUT2D eigenvalue weighted by molar-refractivity contribution is 5.14. The van der Waals surface area contributed by atoms with Crippen LogP contribution >= 0.6 is 0 Å². The van der Waals surface area contributed by atoms with Gasteiger partial charge in [-0.25, -0.2) is 0 Å². The third-order valence-electron chi connectivity index (χ3n) is 5.59. The molecule has 1 aromatic rings. The summed E-state index contributed by atoms with van der Waals surface area (Å²) < 4.78 is 0. The average Bonchev–Trinajstić information content (AvgIpc) is 3.13. The van der Waals surface area contributed by atoms with E-state index in [1.54, 1.807) is 0 Å². The summed E-state index contributed by atoms with van der Waals surface area (Å²) in [5.41, 5.74) is 1.38. The Morgan fingerprint density at radius 3 is 1.83 bits per heavy atom. The monoisotopic (exact) mass is 411 g/mol. The van der Waals surface area contributed by atoms with Gasteiger partial charge in [0.15, 0.2) is 0 Å². The lowest BCUT2D eigenvalue weighted by Crippen LogP contribution is -2.29. The molecular weight excluding hydrogens is 362 g/mol. The quantitative estimate of drug-likeness (QED) is 0.602. The molecule has 1 aliphatic heterocycles. The molecule has 29 heavy (non-hydrogen) atoms. The number of nitrogens with zero attached hydrogens (tertiary/aromatic N) is 1. The van der Waals surface area contributed by atoms with E-state index in [9.17, 15) is 5.11 Å². The molecule has 1 unspecified atom stereocenters. The molecule has 4 heteroatoms. The molecule has 0 aromatic heterocycles. The van der Waals surface area contributed by atoms with Gasteiger partial charge in [0, 0.05) is 33.4 Å². The molecule has 0 spiro atoms. The molecule has 3 rings (SSSR count). The molecule has 1 saturated carbocycles. The topological polar surface area (TPSA) is 63.9 Å². The SMILES string of the molecule is C.C.CO.OCC1CCCCCC1.OCC1CCCCN(Cc2ccccc2)C1. The maximum Gasteiger partial charge on any atom is 0.0471 e. The lowest BCUT2D eigenvalue weighted by atomic mass is 10.0. The van der Waals surface area contributed by atoms with Gasteiger partial charge in [-0.2, -0.15) is 0 Å². The highest BCUT2D eigenvalue weighted by Crippen LogP contribution is 2.21. The largest absolute Gasteiger partial charge is 0.400 e. The molecule has 1 atom stereocenters. The average molecular weight is 412 g/mol. The van der Waals surface area contributed by atoms with E-state index in [0.717, 1.165) is 20.2 Å². The first kappa shape index (κ1) is 30.3. The summed E-state index contributed by atoms with van der Waals surface area (Å²) in [5.74, 6) is 1.11. The molecule has 1 saturated heterocycles. The van der Waals surface area contributed by atoms with Crippen molar-refractivity contribution in [3.63, 3.8) is 0 Å². The Morgan fingerprint density at radius 1 is 0.759 bits per heavy atom. The van der Waals surface area contributed by atoms with Crippen LogP contribution in [0.4, 0.5) is 0 Å². The van der Waals surface area contributed by atoms with Crippen LogP contribution in [0.25, 0.3) is 0 Å². The van der Waals surface area contributed by atoms with E-state index in [4.69, 9.17) is 10.2 Å². The van der Waals surface area contributed by atoms with E-state index in [-0.39, 0.29) is 14.9 Å². The van der Waals surface area contributed by atoms with Crippen LogP contribution in [0.2, 0.25) is 0 Å². The molecule has 0 radical (unpaired) electrons. The molecule has 172 valence electrons. The van der Waals surface area contributed by atoms with Gasteiger partial charge in [-0.05, 0) is 49.6 Å². The highest BCUT2D eigenvalue weighted by Gasteiger charge is 2.17. The maximum absolute atomic E-state index is 9.27. The summed E-state index contributed by atoms with van der Waals surface area (Å²) in [7, 11) is 1.00. The minimum absolute atomic E-state index is 0. The van der Waals surface area contributed by atoms with Crippen LogP contribution in [0.1, 0.15) is 78.2 Å². The van der Waals surface area contributed by atoms with Crippen LogP contribution in [-0.4, -0.2) is 53.6 Å². The van der Waals surface area contributed by atoms with Crippen molar-refractivity contribution >= 4 is 0 Å². The number of likely N-dealkylation sites (tertiary alicyclic amines) is 1. The van der Waals surface area contributed by atoms with Gasteiger partial charge in [0.25, 0.3) is 0 Å². The molecule has 3 N–H and O–H groups in total. The molecule has 0 bridgehead atoms. The zero-order valence-corrected chi connectivity index (χ0v) is 17.2. The van der Waals surface area contributed by atoms with Gasteiger partial charge in [-0.15, -0.1) is 0 Å². The Labute approximate surface area is 181 Å². The van der Waals surface area contributed by atoms with Crippen molar-refractivity contribution in [1.82, 2.24) is 4.90 Å². The molecule has 2 aliphatic rings. The number of rotatable bonds is 4. The van der Waals surface area contributed by atoms with Gasteiger partial charge in [0.1, 0.15) is 0 Å². The van der Waals surface area contributed by atoms with E-state index in [0.29, 0.717) is 25.0 Å². The van der Waals surface area contributed by atoms with Crippen LogP contribution in [0, 0.1) is 11.8 Å². The third kappa shape index (κ3) is 13.8.